The van der Waals surface area contributed by atoms with Crippen LogP contribution in [0.5, 0.6) is 5.75 Å². The first-order valence-corrected chi connectivity index (χ1v) is 8.58. The molecule has 142 valence electrons. The van der Waals surface area contributed by atoms with Gasteiger partial charge in [0.15, 0.2) is 0 Å². The van der Waals surface area contributed by atoms with Crippen LogP contribution >= 0.6 is 0 Å². The minimum Gasteiger partial charge on any atom is -0.507 e. The molecule has 0 spiro atoms. The monoisotopic (exact) mass is 365 g/mol. The Balaban J connectivity index is 2.48. The van der Waals surface area contributed by atoms with E-state index in [4.69, 9.17) is 0 Å². The summed E-state index contributed by atoms with van der Waals surface area (Å²) >= 11 is 0. The third-order valence-electron chi connectivity index (χ3n) is 4.39. The Labute approximate surface area is 153 Å². The zero-order chi connectivity index (χ0) is 19.9. The van der Waals surface area contributed by atoms with Crippen molar-refractivity contribution in [2.75, 3.05) is 0 Å². The van der Waals surface area contributed by atoms with Crippen LogP contribution in [0.4, 0.5) is 13.2 Å². The van der Waals surface area contributed by atoms with Gasteiger partial charge < -0.3 is 5.11 Å². The average molecular weight is 365 g/mol. The van der Waals surface area contributed by atoms with E-state index < -0.39 is 11.7 Å². The molecule has 2 rings (SSSR count). The molecule has 0 radical (unpaired) electrons. The number of pyridine rings is 1. The fourth-order valence-electron chi connectivity index (χ4n) is 2.73. The number of rotatable bonds is 2. The second-order valence-corrected chi connectivity index (χ2v) is 8.74. The molecule has 0 aliphatic heterocycles. The summed E-state index contributed by atoms with van der Waals surface area (Å²) in [5.41, 5.74) is 1.91. The molecule has 0 aliphatic rings. The summed E-state index contributed by atoms with van der Waals surface area (Å²) in [6, 6.07) is 6.32. The number of phenolic OH excluding ortho intramolecular Hbond substituents is 1. The first-order valence-electron chi connectivity index (χ1n) is 8.58. The molecule has 0 saturated carbocycles. The minimum absolute atomic E-state index is 0.115. The van der Waals surface area contributed by atoms with E-state index in [1.54, 1.807) is 0 Å². The van der Waals surface area contributed by atoms with Crippen LogP contribution in [-0.4, -0.2) is 10.1 Å². The van der Waals surface area contributed by atoms with Crippen molar-refractivity contribution in [1.29, 1.82) is 0 Å². The Kier molecular flexibility index (Phi) is 5.15. The lowest BCUT2D eigenvalue weighted by Gasteiger charge is -2.27. The number of aromatic nitrogens is 1. The van der Waals surface area contributed by atoms with Crippen molar-refractivity contribution >= 4 is 0 Å². The molecule has 0 fully saturated rings. The second kappa shape index (κ2) is 6.60. The maximum Gasteiger partial charge on any atom is 0.417 e. The maximum absolute atomic E-state index is 12.7. The van der Waals surface area contributed by atoms with Crippen LogP contribution in [0.3, 0.4) is 0 Å². The van der Waals surface area contributed by atoms with Gasteiger partial charge in [-0.1, -0.05) is 53.7 Å². The van der Waals surface area contributed by atoms with Crippen LogP contribution in [0, 0.1) is 0 Å². The highest BCUT2D eigenvalue weighted by atomic mass is 19.4. The van der Waals surface area contributed by atoms with Crippen LogP contribution in [0.2, 0.25) is 0 Å². The number of aromatic hydroxyl groups is 1. The first kappa shape index (κ1) is 20.3. The lowest BCUT2D eigenvalue weighted by Crippen LogP contribution is -2.17. The standard InChI is InChI=1S/C21H26F3NO/c1-19(2,3)15-9-13(18(26)17(11-15)20(4,5)6)10-16-8-7-14(12-25-16)21(22,23)24/h7-9,11-12,26H,10H2,1-6H3. The first-order chi connectivity index (χ1) is 11.7. The highest BCUT2D eigenvalue weighted by molar-refractivity contribution is 5.50. The van der Waals surface area contributed by atoms with E-state index in [0.29, 0.717) is 11.3 Å². The molecule has 1 aromatic carbocycles. The molecule has 0 aliphatic carbocycles. The Morgan fingerprint density at radius 2 is 1.50 bits per heavy atom. The van der Waals surface area contributed by atoms with E-state index in [9.17, 15) is 18.3 Å². The van der Waals surface area contributed by atoms with Gasteiger partial charge in [0.05, 0.1) is 5.56 Å². The third-order valence-corrected chi connectivity index (χ3v) is 4.39. The van der Waals surface area contributed by atoms with Crippen LogP contribution in [0.1, 0.15) is 69.5 Å². The van der Waals surface area contributed by atoms with Crippen LogP contribution in [0.15, 0.2) is 30.5 Å². The molecule has 2 aromatic rings. The van der Waals surface area contributed by atoms with Crippen molar-refractivity contribution in [3.05, 3.63) is 58.4 Å². The van der Waals surface area contributed by atoms with E-state index in [1.807, 2.05) is 32.9 Å². The van der Waals surface area contributed by atoms with Crippen LogP contribution < -0.4 is 0 Å². The second-order valence-electron chi connectivity index (χ2n) is 8.74. The Hall–Kier alpha value is -2.04. The fourth-order valence-corrected chi connectivity index (χ4v) is 2.73. The fraction of sp³-hybridized carbons (Fsp3) is 0.476. The number of hydrogen-bond acceptors (Lipinski definition) is 2. The zero-order valence-corrected chi connectivity index (χ0v) is 16.1. The molecule has 5 heteroatoms. The Morgan fingerprint density at radius 3 is 1.92 bits per heavy atom. The number of nitrogens with zero attached hydrogens (tertiary/aromatic N) is 1. The number of halogens is 3. The van der Waals surface area contributed by atoms with E-state index in [1.165, 1.54) is 6.07 Å². The van der Waals surface area contributed by atoms with Gasteiger partial charge in [-0.3, -0.25) is 4.98 Å². The van der Waals surface area contributed by atoms with Crippen LogP contribution in [0.25, 0.3) is 0 Å². The predicted molar refractivity (Wildman–Crippen MR) is 97.6 cm³/mol. The number of alkyl halides is 3. The molecule has 0 unspecified atom stereocenters. The molecule has 1 N–H and O–H groups in total. The molecule has 26 heavy (non-hydrogen) atoms. The van der Waals surface area contributed by atoms with Gasteiger partial charge in [-0.2, -0.15) is 13.2 Å². The van der Waals surface area contributed by atoms with E-state index in [0.717, 1.165) is 23.4 Å². The molecule has 2 nitrogen and oxygen atoms in total. The van der Waals surface area contributed by atoms with Crippen molar-refractivity contribution < 1.29 is 18.3 Å². The summed E-state index contributed by atoms with van der Waals surface area (Å²) in [4.78, 5) is 3.93. The quantitative estimate of drug-likeness (QED) is 0.709. The Morgan fingerprint density at radius 1 is 0.885 bits per heavy atom. The normalized spacial score (nSPS) is 13.1. The molecule has 1 heterocycles. The summed E-state index contributed by atoms with van der Waals surface area (Å²) in [5.74, 6) is 0.187. The summed E-state index contributed by atoms with van der Waals surface area (Å²) in [7, 11) is 0. The summed E-state index contributed by atoms with van der Waals surface area (Å²) in [6.45, 7) is 12.3. The lowest BCUT2D eigenvalue weighted by atomic mass is 9.78. The van der Waals surface area contributed by atoms with Crippen molar-refractivity contribution in [2.24, 2.45) is 0 Å². The number of benzene rings is 1. The third kappa shape index (κ3) is 4.57. The van der Waals surface area contributed by atoms with Gasteiger partial charge in [-0.25, -0.2) is 0 Å². The van der Waals surface area contributed by atoms with Crippen molar-refractivity contribution in [2.45, 2.75) is 65.0 Å². The smallest absolute Gasteiger partial charge is 0.417 e. The summed E-state index contributed by atoms with van der Waals surface area (Å²) in [5, 5.41) is 10.8. The van der Waals surface area contributed by atoms with Gasteiger partial charge in [-0.05, 0) is 34.1 Å². The number of hydrogen-bond donors (Lipinski definition) is 1. The van der Waals surface area contributed by atoms with Gasteiger partial charge in [0.1, 0.15) is 5.75 Å². The number of phenols is 1. The van der Waals surface area contributed by atoms with Crippen LogP contribution in [-0.2, 0) is 23.4 Å². The van der Waals surface area contributed by atoms with E-state index in [2.05, 4.69) is 25.8 Å². The van der Waals surface area contributed by atoms with Gasteiger partial charge in [-0.15, -0.1) is 0 Å². The van der Waals surface area contributed by atoms with Gasteiger partial charge in [0, 0.05) is 23.9 Å². The maximum atomic E-state index is 12.7. The summed E-state index contributed by atoms with van der Waals surface area (Å²) in [6.07, 6.45) is -3.29. The molecular weight excluding hydrogens is 339 g/mol. The molecule has 0 amide bonds. The summed E-state index contributed by atoms with van der Waals surface area (Å²) < 4.78 is 38.1. The molecule has 1 aromatic heterocycles. The lowest BCUT2D eigenvalue weighted by molar-refractivity contribution is -0.137. The molecular formula is C21H26F3NO. The Bertz CT molecular complexity index is 779. The van der Waals surface area contributed by atoms with Crippen molar-refractivity contribution in [3.63, 3.8) is 0 Å². The SMILES string of the molecule is CC(C)(C)c1cc(Cc2ccc(C(F)(F)F)cn2)c(O)c(C(C)(C)C)c1. The minimum atomic E-state index is -4.40. The molecule has 0 saturated heterocycles. The van der Waals surface area contributed by atoms with Crippen molar-refractivity contribution in [1.82, 2.24) is 4.98 Å². The van der Waals surface area contributed by atoms with E-state index >= 15 is 0 Å². The molecule has 0 bridgehead atoms. The molecule has 0 atom stereocenters. The van der Waals surface area contributed by atoms with Gasteiger partial charge in [0.25, 0.3) is 0 Å². The largest absolute Gasteiger partial charge is 0.507 e. The highest BCUT2D eigenvalue weighted by Crippen LogP contribution is 2.38. The predicted octanol–water partition coefficient (Wildman–Crippen LogP) is 5.99. The van der Waals surface area contributed by atoms with Gasteiger partial charge in [0.2, 0.25) is 0 Å². The zero-order valence-electron chi connectivity index (χ0n) is 16.1. The topological polar surface area (TPSA) is 33.1 Å². The average Bonchev–Trinajstić information content (AvgIpc) is 2.46. The van der Waals surface area contributed by atoms with Crippen molar-refractivity contribution in [3.8, 4) is 5.75 Å². The van der Waals surface area contributed by atoms with E-state index in [-0.39, 0.29) is 23.0 Å². The van der Waals surface area contributed by atoms with Gasteiger partial charge >= 0.3 is 6.18 Å². The highest BCUT2D eigenvalue weighted by Gasteiger charge is 2.31.